The van der Waals surface area contributed by atoms with Crippen molar-refractivity contribution in [2.24, 2.45) is 14.1 Å². The van der Waals surface area contributed by atoms with E-state index in [1.807, 2.05) is 17.9 Å². The molecule has 0 unspecified atom stereocenters. The molecule has 152 valence electrons. The number of sulfonamides is 1. The summed E-state index contributed by atoms with van der Waals surface area (Å²) in [6.45, 7) is 6.79. The first-order valence-electron chi connectivity index (χ1n) is 9.14. The van der Waals surface area contributed by atoms with Gasteiger partial charge in [0.15, 0.2) is 0 Å². The van der Waals surface area contributed by atoms with Gasteiger partial charge in [-0.2, -0.15) is 4.31 Å². The van der Waals surface area contributed by atoms with Gasteiger partial charge in [0.2, 0.25) is 10.0 Å². The zero-order valence-corrected chi connectivity index (χ0v) is 17.7. The van der Waals surface area contributed by atoms with Gasteiger partial charge in [-0.25, -0.2) is 13.2 Å². The zero-order valence-electron chi connectivity index (χ0n) is 16.9. The molecule has 0 aliphatic carbocycles. The third-order valence-corrected chi connectivity index (χ3v) is 7.49. The second-order valence-corrected chi connectivity index (χ2v) is 9.21. The fourth-order valence-electron chi connectivity index (χ4n) is 3.67. The summed E-state index contributed by atoms with van der Waals surface area (Å²) in [5, 5.41) is 0. The Morgan fingerprint density at radius 3 is 2.07 bits per heavy atom. The molecular formula is C19H26N4O4S. The normalized spacial score (nSPS) is 15.8. The summed E-state index contributed by atoms with van der Waals surface area (Å²) >= 11 is 0. The lowest BCUT2D eigenvalue weighted by Crippen LogP contribution is -2.52. The summed E-state index contributed by atoms with van der Waals surface area (Å²) in [6, 6.07) is 5.31. The van der Waals surface area contributed by atoms with E-state index in [-0.39, 0.29) is 24.3 Å². The van der Waals surface area contributed by atoms with Crippen LogP contribution in [0.25, 0.3) is 0 Å². The van der Waals surface area contributed by atoms with Crippen LogP contribution in [0.4, 0.5) is 5.69 Å². The van der Waals surface area contributed by atoms with Crippen LogP contribution in [0.5, 0.6) is 0 Å². The molecule has 1 aliphatic heterocycles. The Balaban J connectivity index is 1.88. The average molecular weight is 407 g/mol. The number of benzene rings is 1. The highest BCUT2D eigenvalue weighted by Crippen LogP contribution is 2.23. The van der Waals surface area contributed by atoms with E-state index in [9.17, 15) is 18.0 Å². The van der Waals surface area contributed by atoms with Crippen molar-refractivity contribution in [2.45, 2.75) is 25.7 Å². The Morgan fingerprint density at radius 1 is 0.893 bits per heavy atom. The van der Waals surface area contributed by atoms with E-state index >= 15 is 0 Å². The van der Waals surface area contributed by atoms with E-state index in [0.717, 1.165) is 15.7 Å². The predicted molar refractivity (Wildman–Crippen MR) is 109 cm³/mol. The maximum atomic E-state index is 13.0. The highest BCUT2D eigenvalue weighted by molar-refractivity contribution is 7.89. The van der Waals surface area contributed by atoms with Crippen molar-refractivity contribution in [3.05, 3.63) is 55.9 Å². The number of aromatic nitrogens is 2. The topological polar surface area (TPSA) is 84.6 Å². The van der Waals surface area contributed by atoms with Crippen molar-refractivity contribution in [1.82, 2.24) is 13.4 Å². The number of hydrogen-bond donors (Lipinski definition) is 0. The molecule has 8 nitrogen and oxygen atoms in total. The van der Waals surface area contributed by atoms with Crippen molar-refractivity contribution in [3.8, 4) is 0 Å². The van der Waals surface area contributed by atoms with Crippen molar-refractivity contribution in [2.75, 3.05) is 31.1 Å². The smallest absolute Gasteiger partial charge is 0.330 e. The van der Waals surface area contributed by atoms with Gasteiger partial charge in [0.05, 0.1) is 4.90 Å². The van der Waals surface area contributed by atoms with Gasteiger partial charge >= 0.3 is 5.69 Å². The number of hydrogen-bond acceptors (Lipinski definition) is 5. The summed E-state index contributed by atoms with van der Waals surface area (Å²) in [6.07, 6.45) is 0. The number of rotatable bonds is 3. The van der Waals surface area contributed by atoms with Crippen molar-refractivity contribution in [3.63, 3.8) is 0 Å². The molecular weight excluding hydrogens is 380 g/mol. The number of aryl methyl sites for hydroxylation is 2. The highest BCUT2D eigenvalue weighted by Gasteiger charge is 2.31. The lowest BCUT2D eigenvalue weighted by atomic mass is 10.2. The van der Waals surface area contributed by atoms with Crippen LogP contribution in [0.15, 0.2) is 32.7 Å². The minimum Gasteiger partial charge on any atom is -0.363 e. The fourth-order valence-corrected chi connectivity index (χ4v) is 5.30. The second kappa shape index (κ2) is 7.21. The first-order valence-corrected chi connectivity index (χ1v) is 10.6. The van der Waals surface area contributed by atoms with Crippen LogP contribution >= 0.6 is 0 Å². The Labute approximate surface area is 164 Å². The van der Waals surface area contributed by atoms with E-state index in [2.05, 4.69) is 0 Å². The van der Waals surface area contributed by atoms with Crippen LogP contribution in [-0.4, -0.2) is 48.0 Å². The Bertz CT molecular complexity index is 1140. The van der Waals surface area contributed by atoms with Gasteiger partial charge in [-0.3, -0.25) is 13.9 Å². The molecule has 0 amide bonds. The molecule has 0 bridgehead atoms. The van der Waals surface area contributed by atoms with E-state index < -0.39 is 10.0 Å². The van der Waals surface area contributed by atoms with Gasteiger partial charge in [-0.15, -0.1) is 0 Å². The van der Waals surface area contributed by atoms with Gasteiger partial charge in [-0.05, 0) is 32.4 Å². The van der Waals surface area contributed by atoms with Crippen molar-refractivity contribution < 1.29 is 8.42 Å². The molecule has 0 N–H and O–H groups in total. The molecule has 9 heteroatoms. The quantitative estimate of drug-likeness (QED) is 0.742. The molecule has 0 radical (unpaired) electrons. The number of piperazine rings is 1. The SMILES string of the molecule is Cc1ccc(S(=O)(=O)N2CCN(c3c(C)n(C)c(=O)n(C)c3=O)CC2)c(C)c1. The highest BCUT2D eigenvalue weighted by atomic mass is 32.2. The first-order chi connectivity index (χ1) is 13.1. The molecule has 28 heavy (non-hydrogen) atoms. The average Bonchev–Trinajstić information content (AvgIpc) is 2.65. The van der Waals surface area contributed by atoms with E-state index in [1.165, 1.54) is 15.9 Å². The molecule has 1 aliphatic rings. The molecule has 1 saturated heterocycles. The minimum atomic E-state index is -3.59. The standard InChI is InChI=1S/C19H26N4O4S/c1-13-6-7-16(14(2)12-13)28(26,27)23-10-8-22(9-11-23)17-15(3)20(4)19(25)21(5)18(17)24/h6-7,12H,8-11H2,1-5H3. The maximum Gasteiger partial charge on any atom is 0.330 e. The molecule has 0 spiro atoms. The molecule has 1 aromatic heterocycles. The van der Waals surface area contributed by atoms with Crippen LogP contribution < -0.4 is 16.1 Å². The molecule has 2 aromatic rings. The third-order valence-electron chi connectivity index (χ3n) is 5.43. The second-order valence-electron chi connectivity index (χ2n) is 7.30. The van der Waals surface area contributed by atoms with Crippen LogP contribution in [0, 0.1) is 20.8 Å². The molecule has 1 fully saturated rings. The largest absolute Gasteiger partial charge is 0.363 e. The summed E-state index contributed by atoms with van der Waals surface area (Å²) in [4.78, 5) is 26.9. The van der Waals surface area contributed by atoms with Crippen LogP contribution in [-0.2, 0) is 24.1 Å². The van der Waals surface area contributed by atoms with Crippen molar-refractivity contribution >= 4 is 15.7 Å². The van der Waals surface area contributed by atoms with Gasteiger partial charge in [0.1, 0.15) is 5.69 Å². The van der Waals surface area contributed by atoms with Gasteiger partial charge in [-0.1, -0.05) is 17.7 Å². The summed E-state index contributed by atoms with van der Waals surface area (Å²) in [5.41, 5.74) is 2.05. The zero-order chi connectivity index (χ0) is 20.8. The van der Waals surface area contributed by atoms with E-state index in [4.69, 9.17) is 0 Å². The third kappa shape index (κ3) is 3.29. The van der Waals surface area contributed by atoms with Gasteiger partial charge in [0, 0.05) is 46.0 Å². The predicted octanol–water partition coefficient (Wildman–Crippen LogP) is 0.520. The molecule has 0 atom stereocenters. The molecule has 2 heterocycles. The van der Waals surface area contributed by atoms with Crippen molar-refractivity contribution in [1.29, 1.82) is 0 Å². The lowest BCUT2D eigenvalue weighted by molar-refractivity contribution is 0.383. The summed E-state index contributed by atoms with van der Waals surface area (Å²) in [5.74, 6) is 0. The summed E-state index contributed by atoms with van der Waals surface area (Å²) in [7, 11) is -0.511. The Morgan fingerprint density at radius 2 is 1.50 bits per heavy atom. The van der Waals surface area contributed by atoms with Crippen LogP contribution in [0.3, 0.4) is 0 Å². The van der Waals surface area contributed by atoms with Crippen LogP contribution in [0.1, 0.15) is 16.8 Å². The van der Waals surface area contributed by atoms with E-state index in [0.29, 0.717) is 29.4 Å². The number of nitrogens with zero attached hydrogens (tertiary/aromatic N) is 4. The maximum absolute atomic E-state index is 13.0. The molecule has 0 saturated carbocycles. The number of anilines is 1. The van der Waals surface area contributed by atoms with Crippen LogP contribution in [0.2, 0.25) is 0 Å². The fraction of sp³-hybridized carbons (Fsp3) is 0.474. The van der Waals surface area contributed by atoms with E-state index in [1.54, 1.807) is 33.0 Å². The lowest BCUT2D eigenvalue weighted by Gasteiger charge is -2.36. The monoisotopic (exact) mass is 406 g/mol. The summed E-state index contributed by atoms with van der Waals surface area (Å²) < 4.78 is 30.1. The van der Waals surface area contributed by atoms with Gasteiger partial charge in [0.25, 0.3) is 5.56 Å². The first kappa shape index (κ1) is 20.3. The minimum absolute atomic E-state index is 0.279. The van der Waals surface area contributed by atoms with Gasteiger partial charge < -0.3 is 4.90 Å². The molecule has 1 aromatic carbocycles. The Hall–Kier alpha value is -2.39. The molecule has 3 rings (SSSR count). The Kier molecular flexibility index (Phi) is 5.24.